The van der Waals surface area contributed by atoms with Crippen molar-refractivity contribution in [2.45, 2.75) is 13.0 Å². The number of carboxylic acid groups (broad SMARTS) is 1. The SMILES string of the molecule is NC(=S)CN1CCN(Cc2ccccc2CC(=O)O)CC1. The molecule has 1 heterocycles. The van der Waals surface area contributed by atoms with Crippen molar-refractivity contribution in [2.24, 2.45) is 5.73 Å². The lowest BCUT2D eigenvalue weighted by Crippen LogP contribution is -2.48. The fourth-order valence-corrected chi connectivity index (χ4v) is 2.80. The summed E-state index contributed by atoms with van der Waals surface area (Å²) in [4.78, 5) is 16.0. The Bertz CT molecular complexity index is 513. The van der Waals surface area contributed by atoms with Crippen LogP contribution in [-0.4, -0.2) is 58.6 Å². The number of hydrogen-bond acceptors (Lipinski definition) is 4. The van der Waals surface area contributed by atoms with Crippen molar-refractivity contribution >= 4 is 23.2 Å². The van der Waals surface area contributed by atoms with Gasteiger partial charge in [0.1, 0.15) is 0 Å². The summed E-state index contributed by atoms with van der Waals surface area (Å²) in [6.45, 7) is 5.26. The smallest absolute Gasteiger partial charge is 0.307 e. The van der Waals surface area contributed by atoms with Crippen LogP contribution in [0.3, 0.4) is 0 Å². The number of nitrogens with two attached hydrogens (primary N) is 1. The van der Waals surface area contributed by atoms with E-state index in [4.69, 9.17) is 23.1 Å². The van der Waals surface area contributed by atoms with Gasteiger partial charge in [-0.1, -0.05) is 36.5 Å². The third kappa shape index (κ3) is 5.08. The maximum absolute atomic E-state index is 10.9. The molecule has 1 fully saturated rings. The van der Waals surface area contributed by atoms with E-state index in [9.17, 15) is 4.79 Å². The van der Waals surface area contributed by atoms with E-state index in [0.29, 0.717) is 11.5 Å². The van der Waals surface area contributed by atoms with Gasteiger partial charge in [0, 0.05) is 39.3 Å². The maximum atomic E-state index is 10.9. The van der Waals surface area contributed by atoms with E-state index >= 15 is 0 Å². The summed E-state index contributed by atoms with van der Waals surface area (Å²) in [7, 11) is 0. The van der Waals surface area contributed by atoms with Crippen molar-refractivity contribution in [3.05, 3.63) is 35.4 Å². The summed E-state index contributed by atoms with van der Waals surface area (Å²) in [5, 5.41) is 8.97. The third-order valence-corrected chi connectivity index (χ3v) is 3.83. The first-order valence-corrected chi connectivity index (χ1v) is 7.47. The molecule has 1 aromatic rings. The summed E-state index contributed by atoms with van der Waals surface area (Å²) in [6, 6.07) is 7.76. The first kappa shape index (κ1) is 15.9. The Hall–Kier alpha value is -1.50. The van der Waals surface area contributed by atoms with Crippen LogP contribution in [0.25, 0.3) is 0 Å². The lowest BCUT2D eigenvalue weighted by Gasteiger charge is -2.34. The number of benzene rings is 1. The monoisotopic (exact) mass is 307 g/mol. The van der Waals surface area contributed by atoms with Gasteiger partial charge in [-0.05, 0) is 11.1 Å². The van der Waals surface area contributed by atoms with E-state index in [0.717, 1.165) is 43.9 Å². The quantitative estimate of drug-likeness (QED) is 0.755. The Labute approximate surface area is 130 Å². The number of aliphatic carboxylic acids is 1. The molecule has 0 radical (unpaired) electrons. The first-order valence-electron chi connectivity index (χ1n) is 7.06. The number of carbonyl (C=O) groups is 1. The first-order chi connectivity index (χ1) is 10.0. The van der Waals surface area contributed by atoms with Crippen LogP contribution in [0, 0.1) is 0 Å². The van der Waals surface area contributed by atoms with Gasteiger partial charge in [-0.3, -0.25) is 14.6 Å². The highest BCUT2D eigenvalue weighted by Gasteiger charge is 2.18. The summed E-state index contributed by atoms with van der Waals surface area (Å²) < 4.78 is 0. The Morgan fingerprint density at radius 2 is 1.71 bits per heavy atom. The van der Waals surface area contributed by atoms with Gasteiger partial charge < -0.3 is 10.8 Å². The van der Waals surface area contributed by atoms with Gasteiger partial charge in [0.25, 0.3) is 0 Å². The normalized spacial score (nSPS) is 16.8. The number of nitrogens with zero attached hydrogens (tertiary/aromatic N) is 2. The number of carboxylic acids is 1. The van der Waals surface area contributed by atoms with Crippen LogP contribution < -0.4 is 5.73 Å². The highest BCUT2D eigenvalue weighted by atomic mass is 32.1. The molecule has 6 heteroatoms. The minimum atomic E-state index is -0.788. The van der Waals surface area contributed by atoms with Gasteiger partial charge >= 0.3 is 5.97 Å². The van der Waals surface area contributed by atoms with E-state index in [1.807, 2.05) is 24.3 Å². The minimum Gasteiger partial charge on any atom is -0.481 e. The van der Waals surface area contributed by atoms with Crippen molar-refractivity contribution < 1.29 is 9.90 Å². The van der Waals surface area contributed by atoms with Crippen molar-refractivity contribution in [1.29, 1.82) is 0 Å². The minimum absolute atomic E-state index is 0.0809. The topological polar surface area (TPSA) is 69.8 Å². The molecule has 114 valence electrons. The van der Waals surface area contributed by atoms with Crippen LogP contribution in [-0.2, 0) is 17.8 Å². The molecule has 0 aliphatic carbocycles. The van der Waals surface area contributed by atoms with E-state index in [-0.39, 0.29) is 6.42 Å². The molecule has 1 aliphatic heterocycles. The van der Waals surface area contributed by atoms with Gasteiger partial charge in [-0.15, -0.1) is 0 Å². The van der Waals surface area contributed by atoms with Crippen molar-refractivity contribution in [2.75, 3.05) is 32.7 Å². The molecule has 0 spiro atoms. The van der Waals surface area contributed by atoms with Crippen LogP contribution >= 0.6 is 12.2 Å². The number of rotatable bonds is 6. The molecular formula is C15H21N3O2S. The van der Waals surface area contributed by atoms with Crippen LogP contribution in [0.5, 0.6) is 0 Å². The average molecular weight is 307 g/mol. The molecule has 0 amide bonds. The fourth-order valence-electron chi connectivity index (χ4n) is 2.61. The summed E-state index contributed by atoms with van der Waals surface area (Å²) in [5.41, 5.74) is 7.57. The number of piperazine rings is 1. The molecule has 0 bridgehead atoms. The highest BCUT2D eigenvalue weighted by Crippen LogP contribution is 2.14. The lowest BCUT2D eigenvalue weighted by molar-refractivity contribution is -0.136. The van der Waals surface area contributed by atoms with E-state index < -0.39 is 5.97 Å². The Balaban J connectivity index is 1.91. The fraction of sp³-hybridized carbons (Fsp3) is 0.467. The molecule has 3 N–H and O–H groups in total. The Morgan fingerprint density at radius 3 is 2.29 bits per heavy atom. The molecular weight excluding hydrogens is 286 g/mol. The van der Waals surface area contributed by atoms with E-state index in [1.54, 1.807) is 0 Å². The Morgan fingerprint density at radius 1 is 1.14 bits per heavy atom. The van der Waals surface area contributed by atoms with Gasteiger partial charge in [0.15, 0.2) is 0 Å². The zero-order valence-corrected chi connectivity index (χ0v) is 12.8. The standard InChI is InChI=1S/C15H21N3O2S/c16-14(21)11-18-7-5-17(6-8-18)10-13-4-2-1-3-12(13)9-15(19)20/h1-4H,5-11H2,(H2,16,21)(H,19,20). The Kier molecular flexibility index (Phi) is 5.67. The second-order valence-corrected chi connectivity index (χ2v) is 5.88. The maximum Gasteiger partial charge on any atom is 0.307 e. The molecule has 0 aromatic heterocycles. The van der Waals surface area contributed by atoms with Crippen LogP contribution in [0.2, 0.25) is 0 Å². The second kappa shape index (κ2) is 7.49. The molecule has 1 saturated heterocycles. The molecule has 1 aromatic carbocycles. The summed E-state index contributed by atoms with van der Waals surface area (Å²) >= 11 is 4.93. The average Bonchev–Trinajstić information content (AvgIpc) is 2.42. The predicted molar refractivity (Wildman–Crippen MR) is 86.3 cm³/mol. The van der Waals surface area contributed by atoms with Crippen molar-refractivity contribution in [3.63, 3.8) is 0 Å². The highest BCUT2D eigenvalue weighted by molar-refractivity contribution is 7.80. The zero-order valence-electron chi connectivity index (χ0n) is 12.0. The van der Waals surface area contributed by atoms with Crippen molar-refractivity contribution in [3.8, 4) is 0 Å². The molecule has 5 nitrogen and oxygen atoms in total. The van der Waals surface area contributed by atoms with E-state index in [2.05, 4.69) is 9.80 Å². The van der Waals surface area contributed by atoms with Gasteiger partial charge in [-0.25, -0.2) is 0 Å². The van der Waals surface area contributed by atoms with Crippen molar-refractivity contribution in [1.82, 2.24) is 9.80 Å². The molecule has 21 heavy (non-hydrogen) atoms. The van der Waals surface area contributed by atoms with Gasteiger partial charge in [0.2, 0.25) is 0 Å². The number of thiocarbonyl (C=S) groups is 1. The third-order valence-electron chi connectivity index (χ3n) is 3.70. The molecule has 2 rings (SSSR count). The molecule has 1 aliphatic rings. The van der Waals surface area contributed by atoms with Gasteiger partial charge in [0.05, 0.1) is 11.4 Å². The predicted octanol–water partition coefficient (Wildman–Crippen LogP) is 0.717. The zero-order chi connectivity index (χ0) is 15.2. The largest absolute Gasteiger partial charge is 0.481 e. The number of hydrogen-bond donors (Lipinski definition) is 2. The molecule has 0 saturated carbocycles. The molecule has 0 unspecified atom stereocenters. The van der Waals surface area contributed by atoms with Gasteiger partial charge in [-0.2, -0.15) is 0 Å². The summed E-state index contributed by atoms with van der Waals surface area (Å²) in [5.74, 6) is -0.788. The lowest BCUT2D eigenvalue weighted by atomic mass is 10.0. The van der Waals surface area contributed by atoms with Crippen LogP contribution in [0.4, 0.5) is 0 Å². The second-order valence-electron chi connectivity index (χ2n) is 5.36. The summed E-state index contributed by atoms with van der Waals surface area (Å²) in [6.07, 6.45) is 0.0809. The van der Waals surface area contributed by atoms with Crippen LogP contribution in [0.1, 0.15) is 11.1 Å². The van der Waals surface area contributed by atoms with E-state index in [1.165, 1.54) is 0 Å². The van der Waals surface area contributed by atoms with Crippen LogP contribution in [0.15, 0.2) is 24.3 Å². The molecule has 0 atom stereocenters.